The van der Waals surface area contributed by atoms with Crippen LogP contribution >= 0.6 is 0 Å². The zero-order valence-electron chi connectivity index (χ0n) is 9.09. The maximum atomic E-state index is 11.9. The normalized spacial score (nSPS) is 36.8. The van der Waals surface area contributed by atoms with Gasteiger partial charge in [-0.05, 0) is 25.8 Å². The molecule has 2 N–H and O–H groups in total. The summed E-state index contributed by atoms with van der Waals surface area (Å²) in [6.45, 7) is 2.87. The van der Waals surface area contributed by atoms with Crippen LogP contribution in [-0.2, 0) is 0 Å². The first-order valence-electron chi connectivity index (χ1n) is 6.10. The van der Waals surface area contributed by atoms with Crippen molar-refractivity contribution < 1.29 is 4.79 Å². The molecule has 0 aromatic rings. The van der Waals surface area contributed by atoms with Crippen LogP contribution in [0.5, 0.6) is 0 Å². The van der Waals surface area contributed by atoms with Gasteiger partial charge in [-0.25, -0.2) is 4.79 Å². The summed E-state index contributed by atoms with van der Waals surface area (Å²) in [5.41, 5.74) is 0.103. The van der Waals surface area contributed by atoms with Gasteiger partial charge in [0.05, 0.1) is 5.54 Å². The van der Waals surface area contributed by atoms with Gasteiger partial charge in [-0.3, -0.25) is 0 Å². The van der Waals surface area contributed by atoms with E-state index in [-0.39, 0.29) is 11.6 Å². The van der Waals surface area contributed by atoms with Crippen LogP contribution in [0.25, 0.3) is 0 Å². The lowest BCUT2D eigenvalue weighted by molar-refractivity contribution is 0.129. The van der Waals surface area contributed by atoms with Crippen molar-refractivity contribution >= 4 is 6.03 Å². The van der Waals surface area contributed by atoms with E-state index in [0.717, 1.165) is 26.1 Å². The molecule has 3 rings (SSSR count). The summed E-state index contributed by atoms with van der Waals surface area (Å²) in [4.78, 5) is 14.1. The molecule has 2 saturated heterocycles. The lowest BCUT2D eigenvalue weighted by atomic mass is 9.96. The first kappa shape index (κ1) is 9.46. The first-order valence-corrected chi connectivity index (χ1v) is 6.10. The second-order valence-corrected chi connectivity index (χ2v) is 5.12. The number of urea groups is 1. The molecule has 2 amide bonds. The highest BCUT2D eigenvalue weighted by molar-refractivity contribution is 5.78. The lowest BCUT2D eigenvalue weighted by Gasteiger charge is -2.37. The molecule has 1 aliphatic carbocycles. The number of rotatable bonds is 1. The Kier molecular flexibility index (Phi) is 2.12. The number of nitrogens with one attached hydrogen (secondary N) is 2. The fourth-order valence-electron chi connectivity index (χ4n) is 3.43. The van der Waals surface area contributed by atoms with Gasteiger partial charge in [0, 0.05) is 19.1 Å². The van der Waals surface area contributed by atoms with Crippen molar-refractivity contribution in [3.05, 3.63) is 0 Å². The van der Waals surface area contributed by atoms with Crippen LogP contribution in [0.2, 0.25) is 0 Å². The van der Waals surface area contributed by atoms with Crippen molar-refractivity contribution in [2.24, 2.45) is 0 Å². The summed E-state index contributed by atoms with van der Waals surface area (Å²) in [5.74, 6) is 0. The Morgan fingerprint density at radius 1 is 1.27 bits per heavy atom. The third kappa shape index (κ3) is 1.34. The van der Waals surface area contributed by atoms with Crippen molar-refractivity contribution in [2.45, 2.75) is 43.7 Å². The number of amides is 2. The molecule has 0 bridgehead atoms. The van der Waals surface area contributed by atoms with Crippen molar-refractivity contribution in [3.63, 3.8) is 0 Å². The topological polar surface area (TPSA) is 44.4 Å². The Morgan fingerprint density at radius 3 is 2.73 bits per heavy atom. The molecule has 2 aliphatic heterocycles. The number of hydrogen-bond donors (Lipinski definition) is 2. The van der Waals surface area contributed by atoms with Crippen LogP contribution < -0.4 is 10.6 Å². The van der Waals surface area contributed by atoms with Crippen LogP contribution in [0.1, 0.15) is 32.1 Å². The van der Waals surface area contributed by atoms with Gasteiger partial charge in [-0.1, -0.05) is 12.8 Å². The molecule has 0 aromatic heterocycles. The van der Waals surface area contributed by atoms with Gasteiger partial charge in [0.15, 0.2) is 0 Å². The monoisotopic (exact) mass is 209 g/mol. The molecule has 84 valence electrons. The Bertz CT molecular complexity index is 267. The van der Waals surface area contributed by atoms with Crippen LogP contribution in [0.15, 0.2) is 0 Å². The molecule has 3 fully saturated rings. The van der Waals surface area contributed by atoms with Crippen molar-refractivity contribution in [3.8, 4) is 0 Å². The average molecular weight is 209 g/mol. The highest BCUT2D eigenvalue weighted by Gasteiger charge is 2.50. The van der Waals surface area contributed by atoms with E-state index in [2.05, 4.69) is 15.5 Å². The molecule has 1 spiro atoms. The molecule has 1 unspecified atom stereocenters. The summed E-state index contributed by atoms with van der Waals surface area (Å²) in [6, 6.07) is 0.679. The Morgan fingerprint density at radius 2 is 2.07 bits per heavy atom. The number of carbonyl (C=O) groups is 1. The molecule has 4 nitrogen and oxygen atoms in total. The minimum absolute atomic E-state index is 0.103. The SMILES string of the molecule is O=C1NCC2(CCNC2)N1C1CCCC1. The molecule has 1 saturated carbocycles. The highest BCUT2D eigenvalue weighted by Crippen LogP contribution is 2.35. The van der Waals surface area contributed by atoms with E-state index in [1.54, 1.807) is 0 Å². The van der Waals surface area contributed by atoms with Crippen molar-refractivity contribution in [1.82, 2.24) is 15.5 Å². The van der Waals surface area contributed by atoms with Crippen molar-refractivity contribution in [2.75, 3.05) is 19.6 Å². The Hall–Kier alpha value is -0.770. The van der Waals surface area contributed by atoms with Gasteiger partial charge in [0.25, 0.3) is 0 Å². The number of nitrogens with zero attached hydrogens (tertiary/aromatic N) is 1. The fourth-order valence-corrected chi connectivity index (χ4v) is 3.43. The third-order valence-electron chi connectivity index (χ3n) is 4.21. The number of carbonyl (C=O) groups excluding carboxylic acids is 1. The number of hydrogen-bond acceptors (Lipinski definition) is 2. The molecular formula is C11H19N3O. The molecule has 0 aromatic carbocycles. The van der Waals surface area contributed by atoms with Crippen LogP contribution in [0.3, 0.4) is 0 Å². The van der Waals surface area contributed by atoms with Crippen molar-refractivity contribution in [1.29, 1.82) is 0 Å². The van der Waals surface area contributed by atoms with E-state index >= 15 is 0 Å². The maximum absolute atomic E-state index is 11.9. The fraction of sp³-hybridized carbons (Fsp3) is 0.909. The zero-order chi connectivity index (χ0) is 10.3. The van der Waals surface area contributed by atoms with Crippen LogP contribution in [-0.4, -0.2) is 42.1 Å². The average Bonchev–Trinajstić information content (AvgIpc) is 2.90. The van der Waals surface area contributed by atoms with E-state index in [1.807, 2.05) is 0 Å². The molecule has 2 heterocycles. The maximum Gasteiger partial charge on any atom is 0.318 e. The Balaban J connectivity index is 1.85. The second kappa shape index (κ2) is 3.37. The quantitative estimate of drug-likeness (QED) is 0.667. The molecule has 15 heavy (non-hydrogen) atoms. The largest absolute Gasteiger partial charge is 0.336 e. The standard InChI is InChI=1S/C11H19N3O/c15-10-13-8-11(5-6-12-7-11)14(10)9-3-1-2-4-9/h9,12H,1-8H2,(H,13,15). The Labute approximate surface area is 90.4 Å². The van der Waals surface area contributed by atoms with Gasteiger partial charge in [-0.15, -0.1) is 0 Å². The summed E-state index contributed by atoms with van der Waals surface area (Å²) < 4.78 is 0. The van der Waals surface area contributed by atoms with E-state index in [0.29, 0.717) is 6.04 Å². The van der Waals surface area contributed by atoms with E-state index < -0.39 is 0 Å². The molecule has 0 radical (unpaired) electrons. The predicted molar refractivity (Wildman–Crippen MR) is 57.7 cm³/mol. The molecular weight excluding hydrogens is 190 g/mol. The summed E-state index contributed by atoms with van der Waals surface area (Å²) in [6.07, 6.45) is 6.10. The van der Waals surface area contributed by atoms with Crippen LogP contribution in [0.4, 0.5) is 4.79 Å². The van der Waals surface area contributed by atoms with Gasteiger partial charge >= 0.3 is 6.03 Å². The summed E-state index contributed by atoms with van der Waals surface area (Å²) in [7, 11) is 0. The van der Waals surface area contributed by atoms with Gasteiger partial charge < -0.3 is 15.5 Å². The molecule has 3 aliphatic rings. The molecule has 1 atom stereocenters. The lowest BCUT2D eigenvalue weighted by Crippen LogP contribution is -2.53. The van der Waals surface area contributed by atoms with Gasteiger partial charge in [0.1, 0.15) is 0 Å². The minimum Gasteiger partial charge on any atom is -0.336 e. The highest BCUT2D eigenvalue weighted by atomic mass is 16.2. The van der Waals surface area contributed by atoms with E-state index in [4.69, 9.17) is 0 Å². The summed E-state index contributed by atoms with van der Waals surface area (Å²) >= 11 is 0. The zero-order valence-corrected chi connectivity index (χ0v) is 9.09. The first-order chi connectivity index (χ1) is 7.32. The second-order valence-electron chi connectivity index (χ2n) is 5.12. The third-order valence-corrected chi connectivity index (χ3v) is 4.21. The minimum atomic E-state index is 0.103. The summed E-state index contributed by atoms with van der Waals surface area (Å²) in [5, 5.41) is 6.42. The molecule has 4 heteroatoms. The van der Waals surface area contributed by atoms with Crippen LogP contribution in [0, 0.1) is 0 Å². The predicted octanol–water partition coefficient (Wildman–Crippen LogP) is 0.686. The van der Waals surface area contributed by atoms with Gasteiger partial charge in [0.2, 0.25) is 0 Å². The van der Waals surface area contributed by atoms with E-state index in [1.165, 1.54) is 25.7 Å². The van der Waals surface area contributed by atoms with E-state index in [9.17, 15) is 4.79 Å². The smallest absolute Gasteiger partial charge is 0.318 e. The van der Waals surface area contributed by atoms with Gasteiger partial charge in [-0.2, -0.15) is 0 Å².